The molecule has 0 spiro atoms. The van der Waals surface area contributed by atoms with Crippen molar-refractivity contribution in [3.63, 3.8) is 0 Å². The Labute approximate surface area is 104 Å². The number of alkyl halides is 2. The molecule has 2 unspecified atom stereocenters. The maximum absolute atomic E-state index is 13.6. The number of rotatable bonds is 4. The van der Waals surface area contributed by atoms with Crippen LogP contribution in [0.25, 0.3) is 0 Å². The minimum absolute atomic E-state index is 0.144. The summed E-state index contributed by atoms with van der Waals surface area (Å²) in [4.78, 5) is 11.6. The van der Waals surface area contributed by atoms with Crippen LogP contribution in [0.15, 0.2) is 30.3 Å². The predicted molar refractivity (Wildman–Crippen MR) is 62.5 cm³/mol. The Kier molecular flexibility index (Phi) is 3.91. The molecule has 0 saturated carbocycles. The van der Waals surface area contributed by atoms with Crippen LogP contribution in [0.3, 0.4) is 0 Å². The van der Waals surface area contributed by atoms with E-state index in [9.17, 15) is 13.6 Å². The molecule has 1 fully saturated rings. The van der Waals surface area contributed by atoms with Crippen molar-refractivity contribution >= 4 is 5.97 Å². The zero-order chi connectivity index (χ0) is 13.0. The number of hydrogen-bond acceptors (Lipinski definition) is 3. The maximum Gasteiger partial charge on any atom is 0.323 e. The average molecular weight is 255 g/mol. The smallest absolute Gasteiger partial charge is 0.323 e. The minimum atomic E-state index is -1.93. The third kappa shape index (κ3) is 3.04. The Bertz CT molecular complexity index is 413. The lowest BCUT2D eigenvalue weighted by molar-refractivity contribution is -0.147. The topological polar surface area (TPSA) is 38.3 Å². The van der Waals surface area contributed by atoms with E-state index >= 15 is 0 Å². The van der Waals surface area contributed by atoms with Gasteiger partial charge in [0.15, 0.2) is 5.67 Å². The molecule has 3 nitrogen and oxygen atoms in total. The van der Waals surface area contributed by atoms with Gasteiger partial charge < -0.3 is 10.1 Å². The Morgan fingerprint density at radius 1 is 1.44 bits per heavy atom. The van der Waals surface area contributed by atoms with Gasteiger partial charge in [-0.3, -0.25) is 4.79 Å². The molecule has 1 aromatic carbocycles. The van der Waals surface area contributed by atoms with Crippen LogP contribution >= 0.6 is 0 Å². The van der Waals surface area contributed by atoms with Gasteiger partial charge in [-0.25, -0.2) is 8.78 Å². The molecular weight excluding hydrogens is 240 g/mol. The summed E-state index contributed by atoms with van der Waals surface area (Å²) in [6.45, 7) is -1.08. The van der Waals surface area contributed by atoms with E-state index in [2.05, 4.69) is 5.32 Å². The first-order chi connectivity index (χ1) is 8.63. The summed E-state index contributed by atoms with van der Waals surface area (Å²) >= 11 is 0. The maximum atomic E-state index is 13.6. The van der Waals surface area contributed by atoms with Gasteiger partial charge in [0.2, 0.25) is 0 Å². The van der Waals surface area contributed by atoms with Crippen molar-refractivity contribution in [3.05, 3.63) is 35.9 Å². The lowest BCUT2D eigenvalue weighted by atomic mass is 10.0. The molecule has 2 atom stereocenters. The summed E-state index contributed by atoms with van der Waals surface area (Å²) in [5, 5.41) is 2.64. The van der Waals surface area contributed by atoms with Gasteiger partial charge in [-0.2, -0.15) is 0 Å². The van der Waals surface area contributed by atoms with Gasteiger partial charge in [0.05, 0.1) is 0 Å². The normalized spacial score (nSPS) is 27.1. The zero-order valence-corrected chi connectivity index (χ0v) is 9.86. The third-order valence-corrected chi connectivity index (χ3v) is 2.98. The highest BCUT2D eigenvalue weighted by Crippen LogP contribution is 2.25. The second kappa shape index (κ2) is 5.44. The fourth-order valence-corrected chi connectivity index (χ4v) is 1.91. The fraction of sp³-hybridized carbons (Fsp3) is 0.462. The molecular formula is C13H15F2NO2. The van der Waals surface area contributed by atoms with E-state index in [1.54, 1.807) is 0 Å². The number of carbonyl (C=O) groups excluding carboxylic acids is 1. The standard InChI is InChI=1S/C13H15F2NO2/c14-8-13(15)6-11(16-9-13)12(17)18-7-10-4-2-1-3-5-10/h1-5,11,16H,6-9H2. The lowest BCUT2D eigenvalue weighted by Crippen LogP contribution is -2.32. The van der Waals surface area contributed by atoms with Gasteiger partial charge in [-0.15, -0.1) is 0 Å². The van der Waals surface area contributed by atoms with Crippen LogP contribution in [-0.4, -0.2) is 30.9 Å². The molecule has 0 aromatic heterocycles. The molecule has 18 heavy (non-hydrogen) atoms. The molecule has 1 N–H and O–H groups in total. The summed E-state index contributed by atoms with van der Waals surface area (Å²) in [5.41, 5.74) is -1.07. The summed E-state index contributed by atoms with van der Waals surface area (Å²) in [6.07, 6.45) is -0.170. The quantitative estimate of drug-likeness (QED) is 0.833. The summed E-state index contributed by atoms with van der Waals surface area (Å²) < 4.78 is 31.0. The van der Waals surface area contributed by atoms with E-state index < -0.39 is 24.4 Å². The van der Waals surface area contributed by atoms with Crippen molar-refractivity contribution in [3.8, 4) is 0 Å². The van der Waals surface area contributed by atoms with Gasteiger partial charge in [-0.1, -0.05) is 30.3 Å². The van der Waals surface area contributed by atoms with Crippen LogP contribution in [0.2, 0.25) is 0 Å². The van der Waals surface area contributed by atoms with Crippen molar-refractivity contribution in [1.82, 2.24) is 5.32 Å². The van der Waals surface area contributed by atoms with Gasteiger partial charge in [0.1, 0.15) is 19.3 Å². The van der Waals surface area contributed by atoms with Crippen molar-refractivity contribution in [2.75, 3.05) is 13.2 Å². The van der Waals surface area contributed by atoms with E-state index in [1.807, 2.05) is 30.3 Å². The molecule has 98 valence electrons. The first-order valence-corrected chi connectivity index (χ1v) is 5.82. The monoisotopic (exact) mass is 255 g/mol. The van der Waals surface area contributed by atoms with Crippen molar-refractivity contribution in [2.24, 2.45) is 0 Å². The van der Waals surface area contributed by atoms with Crippen LogP contribution in [0.5, 0.6) is 0 Å². The average Bonchev–Trinajstić information content (AvgIpc) is 2.81. The first kappa shape index (κ1) is 13.0. The molecule has 1 heterocycles. The second-order valence-corrected chi connectivity index (χ2v) is 4.52. The van der Waals surface area contributed by atoms with E-state index in [1.165, 1.54) is 0 Å². The van der Waals surface area contributed by atoms with Crippen molar-refractivity contribution in [1.29, 1.82) is 0 Å². The number of ether oxygens (including phenoxy) is 1. The van der Waals surface area contributed by atoms with E-state index in [0.29, 0.717) is 0 Å². The molecule has 0 aliphatic carbocycles. The largest absolute Gasteiger partial charge is 0.460 e. The van der Waals surface area contributed by atoms with Crippen LogP contribution in [0, 0.1) is 0 Å². The zero-order valence-electron chi connectivity index (χ0n) is 9.86. The van der Waals surface area contributed by atoms with E-state index in [-0.39, 0.29) is 19.6 Å². The Hall–Kier alpha value is -1.49. The first-order valence-electron chi connectivity index (χ1n) is 5.82. The van der Waals surface area contributed by atoms with Crippen LogP contribution in [-0.2, 0) is 16.1 Å². The molecule has 1 saturated heterocycles. The summed E-state index contributed by atoms with van der Waals surface area (Å²) in [5.74, 6) is -0.535. The highest BCUT2D eigenvalue weighted by molar-refractivity contribution is 5.76. The predicted octanol–water partition coefficient (Wildman–Crippen LogP) is 1.77. The number of esters is 1. The molecule has 0 bridgehead atoms. The number of benzene rings is 1. The Morgan fingerprint density at radius 3 is 2.78 bits per heavy atom. The van der Waals surface area contributed by atoms with Crippen LogP contribution in [0.4, 0.5) is 8.78 Å². The molecule has 2 rings (SSSR count). The molecule has 1 aliphatic heterocycles. The highest BCUT2D eigenvalue weighted by atomic mass is 19.2. The second-order valence-electron chi connectivity index (χ2n) is 4.52. The van der Waals surface area contributed by atoms with Crippen molar-refractivity contribution < 1.29 is 18.3 Å². The Balaban J connectivity index is 1.83. The molecule has 0 radical (unpaired) electrons. The number of hydrogen-bond donors (Lipinski definition) is 1. The summed E-state index contributed by atoms with van der Waals surface area (Å²) in [7, 11) is 0. The van der Waals surface area contributed by atoms with Crippen LogP contribution < -0.4 is 5.32 Å². The van der Waals surface area contributed by atoms with Gasteiger partial charge in [0.25, 0.3) is 0 Å². The SMILES string of the molecule is O=C(OCc1ccccc1)C1CC(F)(CF)CN1. The minimum Gasteiger partial charge on any atom is -0.460 e. The molecule has 1 aliphatic rings. The number of nitrogens with one attached hydrogen (secondary N) is 1. The van der Waals surface area contributed by atoms with Gasteiger partial charge in [0, 0.05) is 13.0 Å². The third-order valence-electron chi connectivity index (χ3n) is 2.98. The van der Waals surface area contributed by atoms with Gasteiger partial charge >= 0.3 is 5.97 Å². The van der Waals surface area contributed by atoms with E-state index in [0.717, 1.165) is 5.56 Å². The Morgan fingerprint density at radius 2 is 2.17 bits per heavy atom. The number of halogens is 2. The van der Waals surface area contributed by atoms with Crippen LogP contribution in [0.1, 0.15) is 12.0 Å². The highest BCUT2D eigenvalue weighted by Gasteiger charge is 2.43. The summed E-state index contributed by atoms with van der Waals surface area (Å²) in [6, 6.07) is 8.45. The van der Waals surface area contributed by atoms with Crippen molar-refractivity contribution in [2.45, 2.75) is 24.7 Å². The molecule has 0 amide bonds. The van der Waals surface area contributed by atoms with E-state index in [4.69, 9.17) is 4.74 Å². The lowest BCUT2D eigenvalue weighted by Gasteiger charge is -2.13. The molecule has 5 heteroatoms. The fourth-order valence-electron chi connectivity index (χ4n) is 1.91. The number of carbonyl (C=O) groups is 1. The van der Waals surface area contributed by atoms with Gasteiger partial charge in [-0.05, 0) is 5.56 Å². The molecule has 1 aromatic rings.